The largest absolute Gasteiger partial charge is 0.503 e. The first kappa shape index (κ1) is 18.5. The van der Waals surface area contributed by atoms with E-state index in [1.54, 1.807) is 19.9 Å². The number of carbonyl (C=O) groups is 2. The average Bonchev–Trinajstić information content (AvgIpc) is 3.36. The van der Waals surface area contributed by atoms with Crippen LogP contribution in [0.3, 0.4) is 0 Å². The van der Waals surface area contributed by atoms with Crippen molar-refractivity contribution in [2.24, 2.45) is 0 Å². The highest BCUT2D eigenvalue weighted by Crippen LogP contribution is 2.44. The van der Waals surface area contributed by atoms with Crippen LogP contribution >= 0.6 is 22.7 Å². The molecule has 0 bridgehead atoms. The second kappa shape index (κ2) is 6.96. The Balaban J connectivity index is 1.86. The van der Waals surface area contributed by atoms with Crippen molar-refractivity contribution in [1.29, 1.82) is 0 Å². The lowest BCUT2D eigenvalue weighted by molar-refractivity contribution is -0.117. The number of carbonyl (C=O) groups excluding carboxylic acids is 2. The molecule has 0 fully saturated rings. The molecular weight excluding hydrogens is 399 g/mol. The van der Waals surface area contributed by atoms with E-state index in [0.717, 1.165) is 9.88 Å². The number of halogens is 1. The SMILES string of the molecule is Cc1nc(C)c(C(=O)C2=C(O)C(=O)N(c3ccc(F)cc3)C2c2cccs2)s1. The number of thiazole rings is 1. The van der Waals surface area contributed by atoms with E-state index < -0.39 is 29.3 Å². The number of ketones is 1. The summed E-state index contributed by atoms with van der Waals surface area (Å²) in [6.07, 6.45) is 0. The van der Waals surface area contributed by atoms with Gasteiger partial charge in [0.15, 0.2) is 5.76 Å². The van der Waals surface area contributed by atoms with Crippen LogP contribution in [0.1, 0.15) is 31.3 Å². The fourth-order valence-corrected chi connectivity index (χ4v) is 4.98. The Hall–Kier alpha value is -2.84. The topological polar surface area (TPSA) is 70.5 Å². The first-order valence-electron chi connectivity index (χ1n) is 8.43. The summed E-state index contributed by atoms with van der Waals surface area (Å²) in [5, 5.41) is 13.2. The third-order valence-corrected chi connectivity index (χ3v) is 6.48. The molecule has 0 radical (unpaired) electrons. The smallest absolute Gasteiger partial charge is 0.294 e. The van der Waals surface area contributed by atoms with Crippen molar-refractivity contribution in [3.8, 4) is 0 Å². The number of thiophene rings is 1. The third kappa shape index (κ3) is 2.94. The van der Waals surface area contributed by atoms with Gasteiger partial charge >= 0.3 is 0 Å². The molecule has 0 aliphatic carbocycles. The minimum absolute atomic E-state index is 0.0172. The number of anilines is 1. The standard InChI is InChI=1S/C20H15FN2O3S2/c1-10-19(28-11(2)22-10)17(24)15-16(14-4-3-9-27-14)23(20(26)18(15)25)13-7-5-12(21)6-8-13/h3-9,16,25H,1-2H3. The Morgan fingerprint density at radius 3 is 2.50 bits per heavy atom. The van der Waals surface area contributed by atoms with Crippen LogP contribution in [0.5, 0.6) is 0 Å². The van der Waals surface area contributed by atoms with Gasteiger partial charge in [-0.05, 0) is 49.6 Å². The monoisotopic (exact) mass is 414 g/mol. The van der Waals surface area contributed by atoms with Crippen LogP contribution in [0.15, 0.2) is 53.1 Å². The molecule has 1 N–H and O–H groups in total. The van der Waals surface area contributed by atoms with Gasteiger partial charge in [0.05, 0.1) is 21.2 Å². The van der Waals surface area contributed by atoms with Gasteiger partial charge in [0.1, 0.15) is 11.9 Å². The molecule has 1 atom stereocenters. The number of amides is 1. The number of aryl methyl sites for hydroxylation is 2. The number of aromatic nitrogens is 1. The van der Waals surface area contributed by atoms with E-state index in [-0.39, 0.29) is 5.57 Å². The number of hydrogen-bond acceptors (Lipinski definition) is 6. The minimum atomic E-state index is -0.785. The number of aliphatic hydroxyl groups excluding tert-OH is 1. The summed E-state index contributed by atoms with van der Waals surface area (Å²) in [4.78, 5) is 32.9. The summed E-state index contributed by atoms with van der Waals surface area (Å²) in [5.74, 6) is -2.13. The quantitative estimate of drug-likeness (QED) is 0.626. The number of hydrogen-bond donors (Lipinski definition) is 1. The lowest BCUT2D eigenvalue weighted by Gasteiger charge is -2.25. The van der Waals surface area contributed by atoms with Gasteiger partial charge in [-0.25, -0.2) is 9.37 Å². The maximum absolute atomic E-state index is 13.4. The molecule has 0 saturated heterocycles. The Morgan fingerprint density at radius 2 is 1.93 bits per heavy atom. The molecule has 1 amide bonds. The molecule has 1 aliphatic rings. The van der Waals surface area contributed by atoms with Gasteiger partial charge in [0.2, 0.25) is 5.78 Å². The first-order valence-corrected chi connectivity index (χ1v) is 10.1. The predicted octanol–water partition coefficient (Wildman–Crippen LogP) is 4.74. The molecule has 0 spiro atoms. The van der Waals surface area contributed by atoms with Gasteiger partial charge in [-0.3, -0.25) is 14.5 Å². The molecule has 3 heterocycles. The Kier molecular flexibility index (Phi) is 4.60. The molecule has 1 aliphatic heterocycles. The molecule has 3 aromatic rings. The van der Waals surface area contributed by atoms with Gasteiger partial charge in [-0.2, -0.15) is 0 Å². The zero-order chi connectivity index (χ0) is 20.0. The summed E-state index contributed by atoms with van der Waals surface area (Å²) in [6, 6.07) is 8.21. The van der Waals surface area contributed by atoms with Crippen LogP contribution < -0.4 is 4.90 Å². The number of nitrogens with zero attached hydrogens (tertiary/aromatic N) is 2. The van der Waals surface area contributed by atoms with Gasteiger partial charge in [-0.1, -0.05) is 6.07 Å². The van der Waals surface area contributed by atoms with Gasteiger partial charge in [0.25, 0.3) is 5.91 Å². The van der Waals surface area contributed by atoms with Crippen molar-refractivity contribution in [3.05, 3.63) is 79.4 Å². The van der Waals surface area contributed by atoms with E-state index in [0.29, 0.717) is 16.3 Å². The van der Waals surface area contributed by atoms with Crippen molar-refractivity contribution in [3.63, 3.8) is 0 Å². The minimum Gasteiger partial charge on any atom is -0.503 e. The molecule has 1 aromatic carbocycles. The van der Waals surface area contributed by atoms with E-state index in [9.17, 15) is 19.1 Å². The van der Waals surface area contributed by atoms with Crippen LogP contribution in [0.2, 0.25) is 0 Å². The van der Waals surface area contributed by atoms with E-state index in [1.807, 2.05) is 11.4 Å². The summed E-state index contributed by atoms with van der Waals surface area (Å²) in [7, 11) is 0. The van der Waals surface area contributed by atoms with Crippen LogP contribution in [0, 0.1) is 19.7 Å². The second-order valence-corrected chi connectivity index (χ2v) is 8.49. The Bertz CT molecular complexity index is 1100. The lowest BCUT2D eigenvalue weighted by Crippen LogP contribution is -2.30. The van der Waals surface area contributed by atoms with E-state index >= 15 is 0 Å². The number of Topliss-reactive ketones (excluding diaryl/α,β-unsaturated/α-hetero) is 1. The lowest BCUT2D eigenvalue weighted by atomic mass is 10.00. The fraction of sp³-hybridized carbons (Fsp3) is 0.150. The Labute approximate surface area is 168 Å². The molecule has 2 aromatic heterocycles. The van der Waals surface area contributed by atoms with Crippen molar-refractivity contribution in [2.45, 2.75) is 19.9 Å². The summed E-state index contributed by atoms with van der Waals surface area (Å²) >= 11 is 2.60. The van der Waals surface area contributed by atoms with Crippen LogP contribution in [0.4, 0.5) is 10.1 Å². The molecule has 0 saturated carbocycles. The van der Waals surface area contributed by atoms with Gasteiger partial charge < -0.3 is 5.11 Å². The van der Waals surface area contributed by atoms with Crippen LogP contribution in [-0.2, 0) is 4.79 Å². The van der Waals surface area contributed by atoms with Crippen molar-refractivity contribution in [1.82, 2.24) is 4.98 Å². The van der Waals surface area contributed by atoms with Crippen LogP contribution in [-0.4, -0.2) is 21.8 Å². The van der Waals surface area contributed by atoms with Crippen molar-refractivity contribution < 1.29 is 19.1 Å². The van der Waals surface area contributed by atoms with E-state index in [2.05, 4.69) is 4.98 Å². The summed E-state index contributed by atoms with van der Waals surface area (Å²) < 4.78 is 13.4. The molecule has 1 unspecified atom stereocenters. The molecular formula is C20H15FN2O3S2. The zero-order valence-corrected chi connectivity index (χ0v) is 16.6. The fourth-order valence-electron chi connectivity index (χ4n) is 3.29. The normalized spacial score (nSPS) is 16.9. The number of aliphatic hydroxyl groups is 1. The maximum Gasteiger partial charge on any atom is 0.294 e. The molecule has 4 rings (SSSR count). The maximum atomic E-state index is 13.4. The van der Waals surface area contributed by atoms with Crippen molar-refractivity contribution in [2.75, 3.05) is 4.90 Å². The second-order valence-electron chi connectivity index (χ2n) is 6.31. The highest BCUT2D eigenvalue weighted by atomic mass is 32.1. The molecule has 5 nitrogen and oxygen atoms in total. The Morgan fingerprint density at radius 1 is 1.21 bits per heavy atom. The predicted molar refractivity (Wildman–Crippen MR) is 107 cm³/mol. The third-order valence-electron chi connectivity index (χ3n) is 4.48. The number of rotatable bonds is 4. The van der Waals surface area contributed by atoms with E-state index in [4.69, 9.17) is 0 Å². The zero-order valence-electron chi connectivity index (χ0n) is 15.0. The molecule has 28 heavy (non-hydrogen) atoms. The highest BCUT2D eigenvalue weighted by molar-refractivity contribution is 7.14. The molecule has 142 valence electrons. The van der Waals surface area contributed by atoms with Crippen LogP contribution in [0.25, 0.3) is 0 Å². The highest BCUT2D eigenvalue weighted by Gasteiger charge is 2.45. The van der Waals surface area contributed by atoms with E-state index in [1.165, 1.54) is 51.8 Å². The first-order chi connectivity index (χ1) is 13.4. The molecule has 8 heteroatoms. The summed E-state index contributed by atoms with van der Waals surface area (Å²) in [6.45, 7) is 3.52. The summed E-state index contributed by atoms with van der Waals surface area (Å²) in [5.41, 5.74) is 0.977. The number of benzene rings is 1. The van der Waals surface area contributed by atoms with Gasteiger partial charge in [-0.15, -0.1) is 22.7 Å². The van der Waals surface area contributed by atoms with Gasteiger partial charge in [0, 0.05) is 10.6 Å². The van der Waals surface area contributed by atoms with Crippen molar-refractivity contribution >= 4 is 40.1 Å². The average molecular weight is 414 g/mol.